The largest absolute Gasteiger partial charge is 0.355 e. The fraction of sp³-hybridized carbons (Fsp3) is 0.727. The van der Waals surface area contributed by atoms with Crippen LogP contribution < -0.4 is 11.1 Å². The van der Waals surface area contributed by atoms with Crippen LogP contribution in [-0.2, 0) is 14.6 Å². The number of hydrogen-bond donors (Lipinski definition) is 2. The first kappa shape index (κ1) is 12.6. The number of amides is 1. The Labute approximate surface area is 101 Å². The van der Waals surface area contributed by atoms with Crippen LogP contribution in [0.4, 0.5) is 0 Å². The molecule has 0 spiro atoms. The van der Waals surface area contributed by atoms with E-state index < -0.39 is 9.84 Å². The first-order chi connectivity index (χ1) is 7.96. The van der Waals surface area contributed by atoms with Gasteiger partial charge in [0.05, 0.1) is 17.4 Å². The molecule has 5 nitrogen and oxygen atoms in total. The van der Waals surface area contributed by atoms with Gasteiger partial charge in [-0.2, -0.15) is 0 Å². The van der Waals surface area contributed by atoms with Crippen molar-refractivity contribution in [3.8, 4) is 0 Å². The van der Waals surface area contributed by atoms with Crippen LogP contribution in [0, 0.1) is 11.8 Å². The number of sulfone groups is 1. The van der Waals surface area contributed by atoms with Gasteiger partial charge in [-0.25, -0.2) is 8.42 Å². The predicted octanol–water partition coefficient (Wildman–Crippen LogP) is -0.559. The highest BCUT2D eigenvalue weighted by Crippen LogP contribution is 2.19. The number of rotatable bonds is 3. The quantitative estimate of drug-likeness (QED) is 0.664. The first-order valence-electron chi connectivity index (χ1n) is 5.88. The van der Waals surface area contributed by atoms with Gasteiger partial charge < -0.3 is 11.1 Å². The van der Waals surface area contributed by atoms with Crippen molar-refractivity contribution in [3.63, 3.8) is 0 Å². The summed E-state index contributed by atoms with van der Waals surface area (Å²) in [5, 5.41) is 2.81. The van der Waals surface area contributed by atoms with Gasteiger partial charge in [-0.1, -0.05) is 12.2 Å². The first-order valence-corrected chi connectivity index (χ1v) is 7.70. The number of hydrogen-bond acceptors (Lipinski definition) is 4. The Morgan fingerprint density at radius 2 is 2.18 bits per heavy atom. The average molecular weight is 258 g/mol. The standard InChI is InChI=1S/C11H18N2O3S/c12-10-2-1-9(5-10)11(14)13-6-8-3-4-17(15,16)7-8/h1-2,8-10H,3-7,12H2,(H,13,14). The van der Waals surface area contributed by atoms with Crippen LogP contribution in [0.5, 0.6) is 0 Å². The Hall–Kier alpha value is -0.880. The Kier molecular flexibility index (Phi) is 3.53. The number of carbonyl (C=O) groups is 1. The summed E-state index contributed by atoms with van der Waals surface area (Å²) in [6.45, 7) is 0.456. The van der Waals surface area contributed by atoms with E-state index in [-0.39, 0.29) is 35.3 Å². The molecule has 1 aliphatic heterocycles. The van der Waals surface area contributed by atoms with E-state index in [1.807, 2.05) is 12.2 Å². The molecule has 0 saturated carbocycles. The molecule has 0 aromatic rings. The maximum absolute atomic E-state index is 11.7. The molecule has 17 heavy (non-hydrogen) atoms. The molecule has 1 heterocycles. The Balaban J connectivity index is 1.76. The lowest BCUT2D eigenvalue weighted by Gasteiger charge is -2.13. The van der Waals surface area contributed by atoms with Crippen LogP contribution in [0.15, 0.2) is 12.2 Å². The van der Waals surface area contributed by atoms with Gasteiger partial charge in [-0.05, 0) is 18.8 Å². The summed E-state index contributed by atoms with van der Waals surface area (Å²) in [4.78, 5) is 11.7. The van der Waals surface area contributed by atoms with E-state index >= 15 is 0 Å². The highest BCUT2D eigenvalue weighted by Gasteiger charge is 2.29. The van der Waals surface area contributed by atoms with Gasteiger partial charge in [0.2, 0.25) is 5.91 Å². The molecule has 3 atom stereocenters. The molecule has 0 bridgehead atoms. The Morgan fingerprint density at radius 3 is 2.71 bits per heavy atom. The minimum atomic E-state index is -2.86. The zero-order valence-corrected chi connectivity index (χ0v) is 10.4. The van der Waals surface area contributed by atoms with E-state index in [0.29, 0.717) is 19.4 Å². The smallest absolute Gasteiger partial charge is 0.227 e. The van der Waals surface area contributed by atoms with Crippen molar-refractivity contribution in [2.75, 3.05) is 18.1 Å². The molecule has 96 valence electrons. The Bertz CT molecular complexity index is 430. The third-order valence-electron chi connectivity index (χ3n) is 3.35. The third-order valence-corrected chi connectivity index (χ3v) is 5.18. The third kappa shape index (κ3) is 3.29. The van der Waals surface area contributed by atoms with E-state index in [9.17, 15) is 13.2 Å². The maximum Gasteiger partial charge on any atom is 0.227 e. The Morgan fingerprint density at radius 1 is 1.41 bits per heavy atom. The van der Waals surface area contributed by atoms with Crippen LogP contribution in [0.3, 0.4) is 0 Å². The molecule has 2 rings (SSSR count). The highest BCUT2D eigenvalue weighted by atomic mass is 32.2. The summed E-state index contributed by atoms with van der Waals surface area (Å²) in [6, 6.07) is -0.0300. The molecule has 1 amide bonds. The van der Waals surface area contributed by atoms with Crippen LogP contribution in [0.25, 0.3) is 0 Å². The van der Waals surface area contributed by atoms with Crippen LogP contribution in [0.2, 0.25) is 0 Å². The normalized spacial score (nSPS) is 35.0. The minimum Gasteiger partial charge on any atom is -0.355 e. The van der Waals surface area contributed by atoms with Crippen molar-refractivity contribution >= 4 is 15.7 Å². The highest BCUT2D eigenvalue weighted by molar-refractivity contribution is 7.91. The molecule has 6 heteroatoms. The van der Waals surface area contributed by atoms with E-state index in [1.165, 1.54) is 0 Å². The second-order valence-electron chi connectivity index (χ2n) is 4.91. The molecule has 0 radical (unpaired) electrons. The fourth-order valence-electron chi connectivity index (χ4n) is 2.33. The molecular weight excluding hydrogens is 240 g/mol. The number of carbonyl (C=O) groups excluding carboxylic acids is 1. The molecule has 1 fully saturated rings. The summed E-state index contributed by atoms with van der Waals surface area (Å²) in [5.74, 6) is 0.333. The van der Waals surface area contributed by atoms with E-state index in [4.69, 9.17) is 5.73 Å². The molecule has 0 aromatic carbocycles. The number of nitrogens with one attached hydrogen (secondary N) is 1. The molecule has 3 N–H and O–H groups in total. The van der Waals surface area contributed by atoms with Gasteiger partial charge in [0.15, 0.2) is 9.84 Å². The minimum absolute atomic E-state index is 0.0300. The zero-order valence-electron chi connectivity index (χ0n) is 9.63. The second kappa shape index (κ2) is 4.78. The SMILES string of the molecule is NC1C=CC(C(=O)NCC2CCS(=O)(=O)C2)C1. The van der Waals surface area contributed by atoms with Gasteiger partial charge >= 0.3 is 0 Å². The van der Waals surface area contributed by atoms with Crippen molar-refractivity contribution < 1.29 is 13.2 Å². The van der Waals surface area contributed by atoms with Crippen LogP contribution in [-0.4, -0.2) is 38.4 Å². The average Bonchev–Trinajstić information content (AvgIpc) is 2.81. The van der Waals surface area contributed by atoms with Crippen LogP contribution in [0.1, 0.15) is 12.8 Å². The predicted molar refractivity (Wildman–Crippen MR) is 65.0 cm³/mol. The second-order valence-corrected chi connectivity index (χ2v) is 7.13. The van der Waals surface area contributed by atoms with E-state index in [2.05, 4.69) is 5.32 Å². The van der Waals surface area contributed by atoms with E-state index in [0.717, 1.165) is 0 Å². The molecule has 1 saturated heterocycles. The van der Waals surface area contributed by atoms with Crippen molar-refractivity contribution in [1.29, 1.82) is 0 Å². The maximum atomic E-state index is 11.7. The van der Waals surface area contributed by atoms with Crippen molar-refractivity contribution in [2.45, 2.75) is 18.9 Å². The molecular formula is C11H18N2O3S. The molecule has 0 aromatic heterocycles. The lowest BCUT2D eigenvalue weighted by molar-refractivity contribution is -0.123. The molecule has 3 unspecified atom stereocenters. The van der Waals surface area contributed by atoms with Crippen molar-refractivity contribution in [3.05, 3.63) is 12.2 Å². The topological polar surface area (TPSA) is 89.3 Å². The zero-order chi connectivity index (χ0) is 12.5. The summed E-state index contributed by atoms with van der Waals surface area (Å²) in [7, 11) is -2.86. The van der Waals surface area contributed by atoms with Crippen LogP contribution >= 0.6 is 0 Å². The van der Waals surface area contributed by atoms with Gasteiger partial charge in [-0.3, -0.25) is 4.79 Å². The van der Waals surface area contributed by atoms with Crippen molar-refractivity contribution in [2.24, 2.45) is 17.6 Å². The van der Waals surface area contributed by atoms with Gasteiger partial charge in [0.1, 0.15) is 0 Å². The lowest BCUT2D eigenvalue weighted by atomic mass is 10.1. The summed E-state index contributed by atoms with van der Waals surface area (Å²) in [6.07, 6.45) is 4.97. The summed E-state index contributed by atoms with van der Waals surface area (Å²) in [5.41, 5.74) is 5.67. The monoisotopic (exact) mass is 258 g/mol. The van der Waals surface area contributed by atoms with Gasteiger partial charge in [0, 0.05) is 12.6 Å². The summed E-state index contributed by atoms with van der Waals surface area (Å²) < 4.78 is 22.5. The number of nitrogens with two attached hydrogens (primary N) is 1. The van der Waals surface area contributed by atoms with Gasteiger partial charge in [-0.15, -0.1) is 0 Å². The summed E-state index contributed by atoms with van der Waals surface area (Å²) >= 11 is 0. The van der Waals surface area contributed by atoms with E-state index in [1.54, 1.807) is 0 Å². The van der Waals surface area contributed by atoms with Crippen molar-refractivity contribution in [1.82, 2.24) is 5.32 Å². The molecule has 1 aliphatic carbocycles. The lowest BCUT2D eigenvalue weighted by Crippen LogP contribution is -2.34. The fourth-order valence-corrected chi connectivity index (χ4v) is 4.19. The van der Waals surface area contributed by atoms with Gasteiger partial charge in [0.25, 0.3) is 0 Å². The molecule has 2 aliphatic rings.